The van der Waals surface area contributed by atoms with E-state index in [9.17, 15) is 4.79 Å². The van der Waals surface area contributed by atoms with Crippen LogP contribution in [0.2, 0.25) is 0 Å². The second-order valence-electron chi connectivity index (χ2n) is 6.54. The molecule has 0 aliphatic rings. The van der Waals surface area contributed by atoms with Gasteiger partial charge in [0.15, 0.2) is 0 Å². The van der Waals surface area contributed by atoms with E-state index in [1.54, 1.807) is 0 Å². The zero-order valence-electron chi connectivity index (χ0n) is 15.1. The maximum absolute atomic E-state index is 12.5. The highest BCUT2D eigenvalue weighted by Gasteiger charge is 2.12. The third kappa shape index (κ3) is 3.79. The van der Waals surface area contributed by atoms with Crippen LogP contribution >= 0.6 is 0 Å². The Morgan fingerprint density at radius 1 is 1.04 bits per heavy atom. The number of aromatic nitrogens is 1. The van der Waals surface area contributed by atoms with E-state index >= 15 is 0 Å². The number of fused-ring (bicyclic) bond motifs is 1. The van der Waals surface area contributed by atoms with Crippen molar-refractivity contribution in [2.75, 3.05) is 23.8 Å². The maximum Gasteiger partial charge on any atom is 0.243 e. The number of para-hydroxylation sites is 1. The molecular formula is C21H23N3O. The van der Waals surface area contributed by atoms with Crippen molar-refractivity contribution in [3.63, 3.8) is 0 Å². The van der Waals surface area contributed by atoms with Gasteiger partial charge in [0.1, 0.15) is 5.82 Å². The van der Waals surface area contributed by atoms with Gasteiger partial charge in [-0.3, -0.25) is 4.79 Å². The van der Waals surface area contributed by atoms with E-state index in [0.717, 1.165) is 33.5 Å². The van der Waals surface area contributed by atoms with Crippen LogP contribution in [0, 0.1) is 20.8 Å². The van der Waals surface area contributed by atoms with Gasteiger partial charge in [-0.1, -0.05) is 35.9 Å². The third-order valence-corrected chi connectivity index (χ3v) is 4.30. The molecular weight excluding hydrogens is 310 g/mol. The summed E-state index contributed by atoms with van der Waals surface area (Å²) in [5, 5.41) is 4.13. The van der Waals surface area contributed by atoms with Crippen LogP contribution in [0.1, 0.15) is 16.7 Å². The predicted octanol–water partition coefficient (Wildman–Crippen LogP) is 4.23. The summed E-state index contributed by atoms with van der Waals surface area (Å²) in [5.41, 5.74) is 5.19. The van der Waals surface area contributed by atoms with Crippen LogP contribution in [0.25, 0.3) is 10.9 Å². The number of hydrogen-bond acceptors (Lipinski definition) is 3. The fourth-order valence-corrected chi connectivity index (χ4v) is 3.12. The highest BCUT2D eigenvalue weighted by atomic mass is 16.2. The van der Waals surface area contributed by atoms with Crippen molar-refractivity contribution >= 4 is 28.3 Å². The van der Waals surface area contributed by atoms with Gasteiger partial charge in [0.05, 0.1) is 12.1 Å². The molecule has 1 N–H and O–H groups in total. The van der Waals surface area contributed by atoms with Crippen molar-refractivity contribution in [3.8, 4) is 0 Å². The van der Waals surface area contributed by atoms with Crippen LogP contribution in [0.3, 0.4) is 0 Å². The Balaban J connectivity index is 1.73. The van der Waals surface area contributed by atoms with Gasteiger partial charge in [0.25, 0.3) is 0 Å². The fraction of sp³-hybridized carbons (Fsp3) is 0.238. The molecule has 0 bridgehead atoms. The average molecular weight is 333 g/mol. The number of pyridine rings is 1. The highest BCUT2D eigenvalue weighted by Crippen LogP contribution is 2.22. The number of likely N-dealkylation sites (N-methyl/N-ethyl adjacent to an activating group) is 1. The molecule has 2 aromatic carbocycles. The molecule has 0 atom stereocenters. The molecule has 0 fully saturated rings. The summed E-state index contributed by atoms with van der Waals surface area (Å²) in [6.45, 7) is 6.34. The minimum atomic E-state index is -0.0486. The smallest absolute Gasteiger partial charge is 0.243 e. The average Bonchev–Trinajstić information content (AvgIpc) is 2.57. The lowest BCUT2D eigenvalue weighted by molar-refractivity contribution is -0.114. The number of amides is 1. The first-order valence-electron chi connectivity index (χ1n) is 8.38. The molecule has 0 radical (unpaired) electrons. The quantitative estimate of drug-likeness (QED) is 0.777. The topological polar surface area (TPSA) is 45.2 Å². The molecule has 3 aromatic rings. The van der Waals surface area contributed by atoms with Gasteiger partial charge >= 0.3 is 0 Å². The normalized spacial score (nSPS) is 10.7. The van der Waals surface area contributed by atoms with Crippen LogP contribution < -0.4 is 10.2 Å². The zero-order valence-corrected chi connectivity index (χ0v) is 15.1. The molecule has 0 unspecified atom stereocenters. The Morgan fingerprint density at radius 2 is 1.72 bits per heavy atom. The van der Waals surface area contributed by atoms with Crippen LogP contribution in [-0.4, -0.2) is 24.5 Å². The molecule has 0 spiro atoms. The summed E-state index contributed by atoms with van der Waals surface area (Å²) in [7, 11) is 1.88. The van der Waals surface area contributed by atoms with E-state index in [0.29, 0.717) is 0 Å². The summed E-state index contributed by atoms with van der Waals surface area (Å²) in [5.74, 6) is 0.735. The van der Waals surface area contributed by atoms with Gasteiger partial charge in [-0.15, -0.1) is 0 Å². The molecule has 25 heavy (non-hydrogen) atoms. The van der Waals surface area contributed by atoms with E-state index in [2.05, 4.69) is 29.4 Å². The summed E-state index contributed by atoms with van der Waals surface area (Å²) < 4.78 is 0. The van der Waals surface area contributed by atoms with E-state index in [-0.39, 0.29) is 12.5 Å². The summed E-state index contributed by atoms with van der Waals surface area (Å²) >= 11 is 0. The first-order chi connectivity index (χ1) is 11.9. The molecule has 128 valence electrons. The third-order valence-electron chi connectivity index (χ3n) is 4.30. The Hall–Kier alpha value is -2.88. The van der Waals surface area contributed by atoms with Crippen LogP contribution in [-0.2, 0) is 4.79 Å². The number of carbonyl (C=O) groups excluding carboxylic acids is 1. The van der Waals surface area contributed by atoms with Gasteiger partial charge in [-0.2, -0.15) is 0 Å². The predicted molar refractivity (Wildman–Crippen MR) is 104 cm³/mol. The van der Waals surface area contributed by atoms with Crippen molar-refractivity contribution in [2.45, 2.75) is 20.8 Å². The van der Waals surface area contributed by atoms with Gasteiger partial charge < -0.3 is 10.2 Å². The van der Waals surface area contributed by atoms with Gasteiger partial charge in [-0.25, -0.2) is 4.98 Å². The molecule has 4 nitrogen and oxygen atoms in total. The van der Waals surface area contributed by atoms with E-state index in [1.807, 2.05) is 62.2 Å². The first kappa shape index (κ1) is 17.0. The Morgan fingerprint density at radius 3 is 2.44 bits per heavy atom. The number of anilines is 2. The molecule has 1 heterocycles. The van der Waals surface area contributed by atoms with E-state index < -0.39 is 0 Å². The minimum Gasteiger partial charge on any atom is -0.350 e. The van der Waals surface area contributed by atoms with E-state index in [1.165, 1.54) is 5.56 Å². The zero-order chi connectivity index (χ0) is 18.0. The molecule has 0 saturated carbocycles. The lowest BCUT2D eigenvalue weighted by Gasteiger charge is -2.19. The second-order valence-corrected chi connectivity index (χ2v) is 6.54. The lowest BCUT2D eigenvalue weighted by atomic mass is 10.1. The summed E-state index contributed by atoms with van der Waals surface area (Å²) in [6.07, 6.45) is 0. The number of nitrogens with one attached hydrogen (secondary N) is 1. The Bertz CT molecular complexity index is 910. The van der Waals surface area contributed by atoms with Gasteiger partial charge in [0, 0.05) is 18.1 Å². The highest BCUT2D eigenvalue weighted by molar-refractivity contribution is 5.95. The van der Waals surface area contributed by atoms with E-state index in [4.69, 9.17) is 0 Å². The molecule has 0 aliphatic heterocycles. The molecule has 0 aliphatic carbocycles. The van der Waals surface area contributed by atoms with Crippen LogP contribution in [0.15, 0.2) is 48.5 Å². The summed E-state index contributed by atoms with van der Waals surface area (Å²) in [6, 6.07) is 16.1. The standard InChI is InChI=1S/C21H23N3O/c1-14-11-15(2)21(16(3)12-14)23-20(25)13-24(4)19-10-9-17-7-5-6-8-18(17)22-19/h5-12H,13H2,1-4H3,(H,23,25). The van der Waals surface area contributed by atoms with Crippen molar-refractivity contribution in [1.29, 1.82) is 0 Å². The second kappa shape index (κ2) is 6.93. The van der Waals surface area contributed by atoms with Gasteiger partial charge in [-0.05, 0) is 50.1 Å². The van der Waals surface area contributed by atoms with Gasteiger partial charge in [0.2, 0.25) is 5.91 Å². The number of benzene rings is 2. The molecule has 0 saturated heterocycles. The number of nitrogens with zero attached hydrogens (tertiary/aromatic N) is 2. The monoisotopic (exact) mass is 333 g/mol. The number of carbonyl (C=O) groups is 1. The largest absolute Gasteiger partial charge is 0.350 e. The molecule has 3 rings (SSSR count). The van der Waals surface area contributed by atoms with Crippen LogP contribution in [0.4, 0.5) is 11.5 Å². The number of rotatable bonds is 4. The Labute approximate surface area is 148 Å². The number of hydrogen-bond donors (Lipinski definition) is 1. The summed E-state index contributed by atoms with van der Waals surface area (Å²) in [4.78, 5) is 19.0. The number of aryl methyl sites for hydroxylation is 3. The Kier molecular flexibility index (Phi) is 4.70. The molecule has 1 amide bonds. The maximum atomic E-state index is 12.5. The molecule has 1 aromatic heterocycles. The molecule has 4 heteroatoms. The van der Waals surface area contributed by atoms with Crippen molar-refractivity contribution in [2.24, 2.45) is 0 Å². The fourth-order valence-electron chi connectivity index (χ4n) is 3.12. The minimum absolute atomic E-state index is 0.0486. The van der Waals surface area contributed by atoms with Crippen molar-refractivity contribution in [1.82, 2.24) is 4.98 Å². The van der Waals surface area contributed by atoms with Crippen molar-refractivity contribution < 1.29 is 4.79 Å². The van der Waals surface area contributed by atoms with Crippen LogP contribution in [0.5, 0.6) is 0 Å². The van der Waals surface area contributed by atoms with Crippen molar-refractivity contribution in [3.05, 3.63) is 65.2 Å². The first-order valence-corrected chi connectivity index (χ1v) is 8.38. The lowest BCUT2D eigenvalue weighted by Crippen LogP contribution is -2.31. The SMILES string of the molecule is Cc1cc(C)c(NC(=O)CN(C)c2ccc3ccccc3n2)c(C)c1.